The van der Waals surface area contributed by atoms with Crippen LogP contribution in [0.25, 0.3) is 0 Å². The molecular formula is C26H38N2O5S. The van der Waals surface area contributed by atoms with Gasteiger partial charge in [-0.25, -0.2) is 0 Å². The van der Waals surface area contributed by atoms with Gasteiger partial charge in [0.15, 0.2) is 0 Å². The Hall–Kier alpha value is -1.80. The van der Waals surface area contributed by atoms with Crippen LogP contribution in [0.4, 0.5) is 0 Å². The smallest absolute Gasteiger partial charge is 0.311 e. The summed E-state index contributed by atoms with van der Waals surface area (Å²) >= 11 is 1.61. The van der Waals surface area contributed by atoms with Gasteiger partial charge in [0.05, 0.1) is 23.2 Å². The predicted octanol–water partition coefficient (Wildman–Crippen LogP) is 2.93. The number of thioether (sulfide) groups is 1. The molecule has 2 fully saturated rings. The number of nitrogens with zero attached hydrogens (tertiary/aromatic N) is 2. The molecule has 0 bridgehead atoms. The fourth-order valence-corrected chi connectivity index (χ4v) is 7.87. The number of amides is 2. The fourth-order valence-electron chi connectivity index (χ4n) is 5.86. The number of likely N-dealkylation sites (tertiary alicyclic amines) is 1. The second-order valence-electron chi connectivity index (χ2n) is 9.79. The molecule has 0 radical (unpaired) electrons. The minimum atomic E-state index is -0.761. The summed E-state index contributed by atoms with van der Waals surface area (Å²) in [5, 5.41) is 8.99. The van der Waals surface area contributed by atoms with Crippen LogP contribution in [0.15, 0.2) is 24.3 Å². The number of aliphatic hydroxyl groups is 1. The molecule has 188 valence electrons. The number of unbranched alkanes of at least 4 members (excludes halogenated alkanes) is 4. The number of esters is 1. The summed E-state index contributed by atoms with van der Waals surface area (Å²) in [6.07, 6.45) is 15.1. The molecular weight excluding hydrogens is 452 g/mol. The Kier molecular flexibility index (Phi) is 8.40. The van der Waals surface area contributed by atoms with Gasteiger partial charge in [0.1, 0.15) is 6.04 Å². The van der Waals surface area contributed by atoms with Gasteiger partial charge in [-0.3, -0.25) is 14.4 Å². The van der Waals surface area contributed by atoms with Gasteiger partial charge in [0.25, 0.3) is 0 Å². The van der Waals surface area contributed by atoms with Crippen molar-refractivity contribution < 1.29 is 24.2 Å². The molecule has 0 aromatic rings. The SMILES string of the molecule is CCCCCN1CC=C[C@]23S[C@@H]4/C=C\CCCOC(=O)[C@@H]4[C@H]2C(=O)N(CCCCCO)C3C1=O. The fraction of sp³-hybridized carbons (Fsp3) is 0.731. The number of carbonyl (C=O) groups excluding carboxylic acids is 3. The minimum absolute atomic E-state index is 0.00421. The largest absolute Gasteiger partial charge is 0.465 e. The molecule has 2 saturated heterocycles. The summed E-state index contributed by atoms with van der Waals surface area (Å²) in [4.78, 5) is 44.8. The zero-order chi connectivity index (χ0) is 24.1. The van der Waals surface area contributed by atoms with Gasteiger partial charge >= 0.3 is 5.97 Å². The molecule has 34 heavy (non-hydrogen) atoms. The number of allylic oxidation sites excluding steroid dienone is 1. The monoisotopic (exact) mass is 490 g/mol. The number of hydrogen-bond donors (Lipinski definition) is 1. The van der Waals surface area contributed by atoms with E-state index >= 15 is 0 Å². The van der Waals surface area contributed by atoms with Crippen molar-refractivity contribution in [3.63, 3.8) is 0 Å². The van der Waals surface area contributed by atoms with Crippen LogP contribution in [-0.2, 0) is 19.1 Å². The highest BCUT2D eigenvalue weighted by Gasteiger charge is 2.70. The van der Waals surface area contributed by atoms with E-state index in [1.165, 1.54) is 0 Å². The van der Waals surface area contributed by atoms with Crippen molar-refractivity contribution in [2.24, 2.45) is 11.8 Å². The van der Waals surface area contributed by atoms with Crippen molar-refractivity contribution in [1.82, 2.24) is 9.80 Å². The minimum Gasteiger partial charge on any atom is -0.465 e. The lowest BCUT2D eigenvalue weighted by atomic mass is 9.78. The first-order valence-electron chi connectivity index (χ1n) is 12.9. The number of hydrogen-bond acceptors (Lipinski definition) is 6. The van der Waals surface area contributed by atoms with Crippen molar-refractivity contribution in [3.05, 3.63) is 24.3 Å². The van der Waals surface area contributed by atoms with Crippen molar-refractivity contribution >= 4 is 29.5 Å². The van der Waals surface area contributed by atoms with Crippen LogP contribution in [0.1, 0.15) is 58.3 Å². The molecule has 1 N–H and O–H groups in total. The standard InChI is InChI=1S/C26H38N2O5S/c1-2-3-7-14-27-15-11-13-26-21(20-19(34-26)12-6-4-10-18-33-25(20)32)23(30)28(22(26)24(27)31)16-8-5-9-17-29/h6,11-13,19-22,29H,2-5,7-10,14-18H2,1H3/b12-6-/t19-,20+,21+,22?,26+/m1/s1. The lowest BCUT2D eigenvalue weighted by Gasteiger charge is -2.35. The van der Waals surface area contributed by atoms with E-state index in [0.29, 0.717) is 32.7 Å². The van der Waals surface area contributed by atoms with E-state index in [-0.39, 0.29) is 29.6 Å². The second-order valence-corrected chi connectivity index (χ2v) is 11.3. The van der Waals surface area contributed by atoms with E-state index in [1.807, 2.05) is 11.0 Å². The average Bonchev–Trinajstić information content (AvgIpc) is 3.23. The predicted molar refractivity (Wildman–Crippen MR) is 132 cm³/mol. The number of fused-ring (bicyclic) bond motifs is 2. The first-order chi connectivity index (χ1) is 16.5. The Bertz CT molecular complexity index is 830. The molecule has 1 spiro atoms. The Morgan fingerprint density at radius 1 is 1.09 bits per heavy atom. The maximum atomic E-state index is 14.0. The van der Waals surface area contributed by atoms with Crippen LogP contribution in [0.3, 0.4) is 0 Å². The molecule has 4 rings (SSSR count). The van der Waals surface area contributed by atoms with Crippen LogP contribution in [0.2, 0.25) is 0 Å². The van der Waals surface area contributed by atoms with E-state index in [9.17, 15) is 14.4 Å². The highest BCUT2D eigenvalue weighted by atomic mass is 32.2. The molecule has 4 aliphatic rings. The normalized spacial score (nSPS) is 34.0. The highest BCUT2D eigenvalue weighted by molar-refractivity contribution is 8.02. The van der Waals surface area contributed by atoms with Gasteiger partial charge in [-0.2, -0.15) is 0 Å². The average molecular weight is 491 g/mol. The van der Waals surface area contributed by atoms with Crippen molar-refractivity contribution in [2.45, 2.75) is 74.3 Å². The van der Waals surface area contributed by atoms with Crippen LogP contribution in [0.5, 0.6) is 0 Å². The first kappa shape index (κ1) is 25.3. The Labute approximate surface area is 206 Å². The maximum Gasteiger partial charge on any atom is 0.311 e. The summed E-state index contributed by atoms with van der Waals surface area (Å²) in [5.41, 5.74) is 0. The van der Waals surface area contributed by atoms with Gasteiger partial charge in [0, 0.05) is 31.5 Å². The maximum absolute atomic E-state index is 14.0. The van der Waals surface area contributed by atoms with Gasteiger partial charge in [-0.15, -0.1) is 11.8 Å². The molecule has 5 atom stereocenters. The molecule has 4 aliphatic heterocycles. The third kappa shape index (κ3) is 4.68. The molecule has 0 aromatic carbocycles. The summed E-state index contributed by atoms with van der Waals surface area (Å²) in [6, 6.07) is -0.610. The molecule has 1 unspecified atom stereocenters. The van der Waals surface area contributed by atoms with Crippen molar-refractivity contribution in [1.29, 1.82) is 0 Å². The number of cyclic esters (lactones) is 1. The van der Waals surface area contributed by atoms with Crippen LogP contribution in [0, 0.1) is 11.8 Å². The molecule has 7 nitrogen and oxygen atoms in total. The molecule has 2 amide bonds. The van der Waals surface area contributed by atoms with Gasteiger partial charge in [-0.1, -0.05) is 44.1 Å². The molecule has 0 saturated carbocycles. The van der Waals surface area contributed by atoms with E-state index < -0.39 is 22.6 Å². The Balaban J connectivity index is 1.69. The molecule has 0 aliphatic carbocycles. The van der Waals surface area contributed by atoms with Gasteiger partial charge in [0.2, 0.25) is 11.8 Å². The summed E-state index contributed by atoms with van der Waals surface area (Å²) in [5.74, 6) is -1.61. The topological polar surface area (TPSA) is 87.2 Å². The number of aliphatic hydroxyl groups excluding tert-OH is 1. The second kappa shape index (κ2) is 11.3. The first-order valence-corrected chi connectivity index (χ1v) is 13.8. The van der Waals surface area contributed by atoms with Crippen LogP contribution >= 0.6 is 11.8 Å². The van der Waals surface area contributed by atoms with E-state index in [0.717, 1.165) is 44.9 Å². The van der Waals surface area contributed by atoms with Crippen LogP contribution in [-0.4, -0.2) is 81.6 Å². The lowest BCUT2D eigenvalue weighted by Crippen LogP contribution is -2.53. The number of carbonyl (C=O) groups is 3. The summed E-state index contributed by atoms with van der Waals surface area (Å²) < 4.78 is 4.83. The van der Waals surface area contributed by atoms with E-state index in [4.69, 9.17) is 9.84 Å². The van der Waals surface area contributed by atoms with Crippen molar-refractivity contribution in [2.75, 3.05) is 32.8 Å². The van der Waals surface area contributed by atoms with Gasteiger partial charge < -0.3 is 19.6 Å². The third-order valence-corrected chi connectivity index (χ3v) is 9.27. The van der Waals surface area contributed by atoms with E-state index in [1.54, 1.807) is 16.7 Å². The quantitative estimate of drug-likeness (QED) is 0.304. The number of rotatable bonds is 9. The molecule has 0 aromatic heterocycles. The zero-order valence-corrected chi connectivity index (χ0v) is 21.0. The Morgan fingerprint density at radius 3 is 2.71 bits per heavy atom. The number of ether oxygens (including phenoxy) is 1. The zero-order valence-electron chi connectivity index (χ0n) is 20.2. The highest BCUT2D eigenvalue weighted by Crippen LogP contribution is 2.60. The Morgan fingerprint density at radius 2 is 1.91 bits per heavy atom. The molecule has 8 heteroatoms. The van der Waals surface area contributed by atoms with E-state index in [2.05, 4.69) is 25.2 Å². The van der Waals surface area contributed by atoms with Gasteiger partial charge in [-0.05, 0) is 38.5 Å². The molecule has 4 heterocycles. The van der Waals surface area contributed by atoms with Crippen LogP contribution < -0.4 is 0 Å². The third-order valence-electron chi connectivity index (χ3n) is 7.52. The lowest BCUT2D eigenvalue weighted by molar-refractivity contribution is -0.153. The summed E-state index contributed by atoms with van der Waals surface area (Å²) in [6.45, 7) is 4.31. The van der Waals surface area contributed by atoms with Crippen molar-refractivity contribution in [3.8, 4) is 0 Å². The summed E-state index contributed by atoms with van der Waals surface area (Å²) in [7, 11) is 0.